The Labute approximate surface area is 267 Å². The summed E-state index contributed by atoms with van der Waals surface area (Å²) in [4.78, 5) is 42.6. The summed E-state index contributed by atoms with van der Waals surface area (Å²) in [7, 11) is 0. The van der Waals surface area contributed by atoms with Gasteiger partial charge in [-0.15, -0.1) is 0 Å². The molecule has 3 amide bonds. The first-order valence-electron chi connectivity index (χ1n) is 17.9. The highest BCUT2D eigenvalue weighted by Gasteiger charge is 2.38. The number of hydrogen-bond donors (Lipinski definition) is 2. The van der Waals surface area contributed by atoms with Crippen molar-refractivity contribution in [3.05, 3.63) is 29.3 Å². The average Bonchev–Trinajstić information content (AvgIpc) is 3.01. The molecule has 3 aliphatic rings. The van der Waals surface area contributed by atoms with Crippen molar-refractivity contribution in [2.24, 2.45) is 46.7 Å². The number of nitrogens with one attached hydrogen (secondary N) is 1. The Morgan fingerprint density at radius 3 is 1.68 bits per heavy atom. The van der Waals surface area contributed by atoms with Crippen molar-refractivity contribution in [1.29, 1.82) is 0 Å². The van der Waals surface area contributed by atoms with E-state index in [4.69, 9.17) is 5.73 Å². The Morgan fingerprint density at radius 2 is 1.25 bits per heavy atom. The fourth-order valence-electron chi connectivity index (χ4n) is 8.51. The molecule has 6 nitrogen and oxygen atoms in total. The van der Waals surface area contributed by atoms with Gasteiger partial charge < -0.3 is 16.0 Å². The minimum Gasteiger partial charge on any atom is -0.366 e. The first-order chi connectivity index (χ1) is 20.8. The molecule has 246 valence electrons. The van der Waals surface area contributed by atoms with Crippen LogP contribution >= 0.6 is 0 Å². The molecule has 1 aromatic carbocycles. The van der Waals surface area contributed by atoms with Crippen LogP contribution in [0.2, 0.25) is 0 Å². The lowest BCUT2D eigenvalue weighted by molar-refractivity contribution is -0.121. The summed E-state index contributed by atoms with van der Waals surface area (Å²) in [6, 6.07) is 5.47. The lowest BCUT2D eigenvalue weighted by atomic mass is 9.67. The van der Waals surface area contributed by atoms with Crippen LogP contribution < -0.4 is 11.1 Å². The number of hydrogen-bond acceptors (Lipinski definition) is 3. The van der Waals surface area contributed by atoms with E-state index in [1.165, 1.54) is 0 Å². The molecule has 0 aromatic heterocycles. The van der Waals surface area contributed by atoms with Crippen LogP contribution in [0, 0.1) is 40.9 Å². The number of carbonyl (C=O) groups excluding carboxylic acids is 3. The molecule has 4 rings (SSSR count). The lowest BCUT2D eigenvalue weighted by Crippen LogP contribution is -2.50. The van der Waals surface area contributed by atoms with Crippen LogP contribution in [0.15, 0.2) is 18.2 Å². The Kier molecular flexibility index (Phi) is 11.6. The Hall–Kier alpha value is -2.37. The number of nitrogens with zero attached hydrogens (tertiary/aromatic N) is 1. The van der Waals surface area contributed by atoms with Crippen LogP contribution in [-0.2, 0) is 4.79 Å². The Morgan fingerprint density at radius 1 is 0.773 bits per heavy atom. The van der Waals surface area contributed by atoms with Crippen LogP contribution in [-0.4, -0.2) is 34.7 Å². The number of carbonyl (C=O) groups is 3. The minimum atomic E-state index is -0.584. The number of nitrogens with two attached hydrogens (primary N) is 1. The van der Waals surface area contributed by atoms with Gasteiger partial charge in [-0.3, -0.25) is 14.4 Å². The predicted molar refractivity (Wildman–Crippen MR) is 180 cm³/mol. The largest absolute Gasteiger partial charge is 0.366 e. The molecule has 0 unspecified atom stereocenters. The fourth-order valence-corrected chi connectivity index (χ4v) is 8.51. The highest BCUT2D eigenvalue weighted by molar-refractivity contribution is 6.02. The molecule has 0 aliphatic heterocycles. The second-order valence-electron chi connectivity index (χ2n) is 15.9. The predicted octanol–water partition coefficient (Wildman–Crippen LogP) is 8.84. The van der Waals surface area contributed by atoms with Crippen molar-refractivity contribution < 1.29 is 14.4 Å². The van der Waals surface area contributed by atoms with Crippen molar-refractivity contribution in [1.82, 2.24) is 4.90 Å². The molecule has 0 bridgehead atoms. The third kappa shape index (κ3) is 8.26. The second-order valence-corrected chi connectivity index (χ2v) is 15.9. The molecular weight excluding hydrogens is 546 g/mol. The molecule has 3 N–H and O–H groups in total. The third-order valence-corrected chi connectivity index (χ3v) is 12.2. The summed E-state index contributed by atoms with van der Waals surface area (Å²) in [6.07, 6.45) is 13.7. The van der Waals surface area contributed by atoms with Crippen LogP contribution in [0.5, 0.6) is 0 Å². The fraction of sp³-hybridized carbons (Fsp3) is 0.763. The van der Waals surface area contributed by atoms with E-state index in [1.807, 2.05) is 0 Å². The summed E-state index contributed by atoms with van der Waals surface area (Å²) < 4.78 is 0. The van der Waals surface area contributed by atoms with Gasteiger partial charge >= 0.3 is 0 Å². The zero-order valence-corrected chi connectivity index (χ0v) is 28.8. The van der Waals surface area contributed by atoms with E-state index in [-0.39, 0.29) is 35.4 Å². The number of rotatable bonds is 10. The van der Waals surface area contributed by atoms with E-state index >= 15 is 0 Å². The molecule has 3 aliphatic carbocycles. The van der Waals surface area contributed by atoms with E-state index in [2.05, 4.69) is 58.7 Å². The number of amides is 3. The average molecular weight is 608 g/mol. The molecule has 3 saturated carbocycles. The summed E-state index contributed by atoms with van der Waals surface area (Å²) in [5.41, 5.74) is 7.29. The van der Waals surface area contributed by atoms with Gasteiger partial charge in [0.05, 0.1) is 0 Å². The smallest absolute Gasteiger partial charge is 0.254 e. The molecular formula is C38H61N3O3. The summed E-state index contributed by atoms with van der Waals surface area (Å²) >= 11 is 0. The molecule has 0 atom stereocenters. The van der Waals surface area contributed by atoms with Gasteiger partial charge in [0.15, 0.2) is 0 Å². The van der Waals surface area contributed by atoms with Crippen molar-refractivity contribution >= 4 is 23.4 Å². The standard InChI is InChI=1S/C38H61N3O3/c1-8-38(6,7)31-15-9-28(10-16-31)36(43)40-32-22-29(35(39)42)21-30(23-32)37(44)41(33-17-11-26(12-18-33)24(2)3)34-19-13-27(14-20-34)25(4)5/h21-28,31,33-34H,8-20H2,1-7H3,(H2,39,42)(H,40,43)/t26-,27-,28?,31?,33+,34+. The van der Waals surface area contributed by atoms with Crippen LogP contribution in [0.1, 0.15) is 153 Å². The second kappa shape index (κ2) is 14.8. The maximum atomic E-state index is 14.5. The SMILES string of the molecule is CCC(C)(C)C1CCC(C(=O)Nc2cc(C(N)=O)cc(C(=O)N([C@H]3CC[C@@H](C(C)C)CC3)[C@H]3CC[C@@H](C(C)C)CC3)c2)CC1. The monoisotopic (exact) mass is 607 g/mol. The molecule has 0 saturated heterocycles. The Balaban J connectivity index is 1.55. The highest BCUT2D eigenvalue weighted by Crippen LogP contribution is 2.43. The zero-order valence-electron chi connectivity index (χ0n) is 28.8. The molecule has 3 fully saturated rings. The molecule has 0 heterocycles. The van der Waals surface area contributed by atoms with E-state index in [9.17, 15) is 14.4 Å². The van der Waals surface area contributed by atoms with Gasteiger partial charge in [0, 0.05) is 34.8 Å². The summed E-state index contributed by atoms with van der Waals surface area (Å²) in [5.74, 6) is 2.70. The van der Waals surface area contributed by atoms with Crippen molar-refractivity contribution in [2.75, 3.05) is 5.32 Å². The van der Waals surface area contributed by atoms with Crippen LogP contribution in [0.3, 0.4) is 0 Å². The van der Waals surface area contributed by atoms with Gasteiger partial charge in [-0.25, -0.2) is 0 Å². The van der Waals surface area contributed by atoms with Gasteiger partial charge in [-0.2, -0.15) is 0 Å². The van der Waals surface area contributed by atoms with Gasteiger partial charge in [0.1, 0.15) is 0 Å². The third-order valence-electron chi connectivity index (χ3n) is 12.2. The zero-order chi connectivity index (χ0) is 32.2. The molecule has 6 heteroatoms. The van der Waals surface area contributed by atoms with Gasteiger partial charge in [0.25, 0.3) is 5.91 Å². The molecule has 44 heavy (non-hydrogen) atoms. The number of benzene rings is 1. The highest BCUT2D eigenvalue weighted by atomic mass is 16.2. The van der Waals surface area contributed by atoms with E-state index in [1.54, 1.807) is 18.2 Å². The molecule has 1 aromatic rings. The van der Waals surface area contributed by atoms with Gasteiger partial charge in [0.2, 0.25) is 11.8 Å². The normalized spacial score (nSPS) is 28.1. The summed E-state index contributed by atoms with van der Waals surface area (Å²) in [5, 5.41) is 3.09. The van der Waals surface area contributed by atoms with E-state index in [0.29, 0.717) is 46.3 Å². The molecule has 0 radical (unpaired) electrons. The van der Waals surface area contributed by atoms with Gasteiger partial charge in [-0.05, 0) is 130 Å². The topological polar surface area (TPSA) is 92.5 Å². The van der Waals surface area contributed by atoms with Crippen molar-refractivity contribution in [2.45, 2.75) is 144 Å². The first kappa shape index (κ1) is 34.5. The van der Waals surface area contributed by atoms with Crippen LogP contribution in [0.4, 0.5) is 5.69 Å². The van der Waals surface area contributed by atoms with Crippen molar-refractivity contribution in [3.8, 4) is 0 Å². The van der Waals surface area contributed by atoms with E-state index in [0.717, 1.165) is 83.5 Å². The minimum absolute atomic E-state index is 0.0198. The van der Waals surface area contributed by atoms with Crippen LogP contribution in [0.25, 0.3) is 0 Å². The first-order valence-corrected chi connectivity index (χ1v) is 17.9. The maximum absolute atomic E-state index is 14.5. The lowest BCUT2D eigenvalue weighted by Gasteiger charge is -2.45. The van der Waals surface area contributed by atoms with Crippen molar-refractivity contribution in [3.63, 3.8) is 0 Å². The number of anilines is 1. The Bertz CT molecular complexity index is 1110. The van der Waals surface area contributed by atoms with E-state index < -0.39 is 5.91 Å². The molecule has 0 spiro atoms. The number of primary amides is 1. The summed E-state index contributed by atoms with van der Waals surface area (Å²) in [6.45, 7) is 16.2. The quantitative estimate of drug-likeness (QED) is 0.278. The van der Waals surface area contributed by atoms with Gasteiger partial charge in [-0.1, -0.05) is 54.9 Å². The maximum Gasteiger partial charge on any atom is 0.254 e.